The minimum absolute atomic E-state index is 0.00462. The van der Waals surface area contributed by atoms with Crippen molar-refractivity contribution in [2.24, 2.45) is 5.73 Å². The van der Waals surface area contributed by atoms with Gasteiger partial charge in [0.2, 0.25) is 5.88 Å². The van der Waals surface area contributed by atoms with Gasteiger partial charge in [-0.2, -0.15) is 0 Å². The molecule has 0 aliphatic carbocycles. The molecule has 88 valence electrons. The number of aryl methyl sites for hydroxylation is 1. The molecular formula is C14H16N2O. The van der Waals surface area contributed by atoms with Crippen LogP contribution in [0.25, 0.3) is 0 Å². The van der Waals surface area contributed by atoms with Crippen LogP contribution in [-0.4, -0.2) is 4.98 Å². The molecule has 2 rings (SSSR count). The smallest absolute Gasteiger partial charge is 0.219 e. The van der Waals surface area contributed by atoms with Gasteiger partial charge in [-0.25, -0.2) is 4.98 Å². The molecule has 0 saturated carbocycles. The second kappa shape index (κ2) is 4.97. The second-order valence-corrected chi connectivity index (χ2v) is 4.09. The molecule has 3 nitrogen and oxygen atoms in total. The van der Waals surface area contributed by atoms with Crippen molar-refractivity contribution in [2.75, 3.05) is 0 Å². The summed E-state index contributed by atoms with van der Waals surface area (Å²) in [5.41, 5.74) is 7.85. The number of para-hydroxylation sites is 1. The van der Waals surface area contributed by atoms with Crippen LogP contribution in [0.1, 0.15) is 24.1 Å². The first kappa shape index (κ1) is 11.6. The van der Waals surface area contributed by atoms with Gasteiger partial charge in [0.15, 0.2) is 0 Å². The standard InChI is InChI=1S/C14H16N2O/c1-10-5-3-4-6-13(10)17-14-8-7-12(9-16-14)11(2)15/h3-9,11H,15H2,1-2H3. The molecule has 0 fully saturated rings. The topological polar surface area (TPSA) is 48.1 Å². The zero-order chi connectivity index (χ0) is 12.3. The van der Waals surface area contributed by atoms with E-state index in [1.54, 1.807) is 6.20 Å². The molecule has 3 heteroatoms. The summed E-state index contributed by atoms with van der Waals surface area (Å²) in [5.74, 6) is 1.41. The predicted molar refractivity (Wildman–Crippen MR) is 68.1 cm³/mol. The second-order valence-electron chi connectivity index (χ2n) is 4.09. The van der Waals surface area contributed by atoms with Crippen molar-refractivity contribution in [3.63, 3.8) is 0 Å². The predicted octanol–water partition coefficient (Wildman–Crippen LogP) is 3.20. The highest BCUT2D eigenvalue weighted by Gasteiger charge is 2.03. The van der Waals surface area contributed by atoms with Crippen molar-refractivity contribution < 1.29 is 4.74 Å². The van der Waals surface area contributed by atoms with Gasteiger partial charge in [0.05, 0.1) is 0 Å². The number of ether oxygens (including phenoxy) is 1. The number of hydrogen-bond donors (Lipinski definition) is 1. The summed E-state index contributed by atoms with van der Waals surface area (Å²) in [6, 6.07) is 11.6. The fourth-order valence-corrected chi connectivity index (χ4v) is 1.51. The van der Waals surface area contributed by atoms with Gasteiger partial charge in [-0.3, -0.25) is 0 Å². The van der Waals surface area contributed by atoms with E-state index in [0.717, 1.165) is 16.9 Å². The van der Waals surface area contributed by atoms with E-state index in [2.05, 4.69) is 4.98 Å². The van der Waals surface area contributed by atoms with E-state index in [1.165, 1.54) is 0 Å². The highest BCUT2D eigenvalue weighted by atomic mass is 16.5. The van der Waals surface area contributed by atoms with Crippen LogP contribution in [0.4, 0.5) is 0 Å². The SMILES string of the molecule is Cc1ccccc1Oc1ccc(C(C)N)cn1. The maximum absolute atomic E-state index is 5.76. The molecule has 2 N–H and O–H groups in total. The van der Waals surface area contributed by atoms with Crippen molar-refractivity contribution in [1.29, 1.82) is 0 Å². The van der Waals surface area contributed by atoms with Gasteiger partial charge in [0.25, 0.3) is 0 Å². The molecule has 1 atom stereocenters. The normalized spacial score (nSPS) is 12.2. The number of benzene rings is 1. The first-order chi connectivity index (χ1) is 8.16. The Bertz CT molecular complexity index is 492. The Hall–Kier alpha value is -1.87. The van der Waals surface area contributed by atoms with Gasteiger partial charge in [-0.1, -0.05) is 24.3 Å². The monoisotopic (exact) mass is 228 g/mol. The molecule has 1 aromatic heterocycles. The maximum atomic E-state index is 5.76. The zero-order valence-electron chi connectivity index (χ0n) is 10.1. The highest BCUT2D eigenvalue weighted by molar-refractivity contribution is 5.35. The van der Waals surface area contributed by atoms with E-state index in [-0.39, 0.29) is 6.04 Å². The van der Waals surface area contributed by atoms with Crippen LogP contribution >= 0.6 is 0 Å². The minimum atomic E-state index is -0.00462. The van der Waals surface area contributed by atoms with E-state index >= 15 is 0 Å². The van der Waals surface area contributed by atoms with E-state index < -0.39 is 0 Å². The molecule has 0 amide bonds. The summed E-state index contributed by atoms with van der Waals surface area (Å²) in [7, 11) is 0. The number of rotatable bonds is 3. The molecule has 1 unspecified atom stereocenters. The lowest BCUT2D eigenvalue weighted by atomic mass is 10.2. The van der Waals surface area contributed by atoms with Crippen LogP contribution in [0.5, 0.6) is 11.6 Å². The third-order valence-electron chi connectivity index (χ3n) is 2.59. The number of nitrogens with two attached hydrogens (primary N) is 1. The van der Waals surface area contributed by atoms with Crippen LogP contribution < -0.4 is 10.5 Å². The lowest BCUT2D eigenvalue weighted by Crippen LogP contribution is -2.05. The first-order valence-corrected chi connectivity index (χ1v) is 5.62. The molecule has 0 spiro atoms. The molecule has 0 saturated heterocycles. The Morgan fingerprint density at radius 1 is 1.18 bits per heavy atom. The largest absolute Gasteiger partial charge is 0.439 e. The van der Waals surface area contributed by atoms with Gasteiger partial charge in [0.1, 0.15) is 5.75 Å². The van der Waals surface area contributed by atoms with Crippen molar-refractivity contribution in [3.05, 3.63) is 53.7 Å². The molecular weight excluding hydrogens is 212 g/mol. The zero-order valence-corrected chi connectivity index (χ0v) is 10.1. The Balaban J connectivity index is 2.17. The van der Waals surface area contributed by atoms with Crippen LogP contribution in [0, 0.1) is 6.92 Å². The van der Waals surface area contributed by atoms with Gasteiger partial charge in [0, 0.05) is 18.3 Å². The Morgan fingerprint density at radius 2 is 1.94 bits per heavy atom. The number of hydrogen-bond acceptors (Lipinski definition) is 3. The molecule has 17 heavy (non-hydrogen) atoms. The lowest BCUT2D eigenvalue weighted by Gasteiger charge is -2.09. The third-order valence-corrected chi connectivity index (χ3v) is 2.59. The molecule has 1 aromatic carbocycles. The quantitative estimate of drug-likeness (QED) is 0.877. The first-order valence-electron chi connectivity index (χ1n) is 5.62. The third kappa shape index (κ3) is 2.82. The van der Waals surface area contributed by atoms with Crippen molar-refractivity contribution in [3.8, 4) is 11.6 Å². The fraction of sp³-hybridized carbons (Fsp3) is 0.214. The van der Waals surface area contributed by atoms with Crippen LogP contribution in [0.2, 0.25) is 0 Å². The van der Waals surface area contributed by atoms with Gasteiger partial charge < -0.3 is 10.5 Å². The lowest BCUT2D eigenvalue weighted by molar-refractivity contribution is 0.459. The van der Waals surface area contributed by atoms with Crippen LogP contribution in [0.3, 0.4) is 0 Å². The van der Waals surface area contributed by atoms with E-state index in [1.807, 2.05) is 50.2 Å². The van der Waals surface area contributed by atoms with Gasteiger partial charge in [-0.15, -0.1) is 0 Å². The molecule has 1 heterocycles. The van der Waals surface area contributed by atoms with Gasteiger partial charge in [-0.05, 0) is 31.0 Å². The average molecular weight is 228 g/mol. The van der Waals surface area contributed by atoms with E-state index in [9.17, 15) is 0 Å². The molecule has 0 aliphatic rings. The summed E-state index contributed by atoms with van der Waals surface area (Å²) >= 11 is 0. The molecule has 0 bridgehead atoms. The summed E-state index contributed by atoms with van der Waals surface area (Å²) in [6.45, 7) is 3.94. The average Bonchev–Trinajstić information content (AvgIpc) is 2.33. The molecule has 0 radical (unpaired) electrons. The summed E-state index contributed by atoms with van der Waals surface area (Å²) in [6.07, 6.45) is 1.75. The fourth-order valence-electron chi connectivity index (χ4n) is 1.51. The maximum Gasteiger partial charge on any atom is 0.219 e. The number of pyridine rings is 1. The number of nitrogens with zero attached hydrogens (tertiary/aromatic N) is 1. The van der Waals surface area contributed by atoms with Gasteiger partial charge >= 0.3 is 0 Å². The molecule has 2 aromatic rings. The minimum Gasteiger partial charge on any atom is -0.439 e. The van der Waals surface area contributed by atoms with E-state index in [4.69, 9.17) is 10.5 Å². The summed E-state index contributed by atoms with van der Waals surface area (Å²) < 4.78 is 5.69. The Labute approximate surface area is 101 Å². The Morgan fingerprint density at radius 3 is 2.53 bits per heavy atom. The van der Waals surface area contributed by atoms with Crippen molar-refractivity contribution in [1.82, 2.24) is 4.98 Å². The van der Waals surface area contributed by atoms with Crippen LogP contribution in [-0.2, 0) is 0 Å². The molecule has 0 aliphatic heterocycles. The summed E-state index contributed by atoms with van der Waals surface area (Å²) in [4.78, 5) is 4.23. The Kier molecular flexibility index (Phi) is 3.40. The van der Waals surface area contributed by atoms with Crippen molar-refractivity contribution in [2.45, 2.75) is 19.9 Å². The van der Waals surface area contributed by atoms with Crippen molar-refractivity contribution >= 4 is 0 Å². The summed E-state index contributed by atoms with van der Waals surface area (Å²) in [5, 5.41) is 0. The van der Waals surface area contributed by atoms with E-state index in [0.29, 0.717) is 5.88 Å². The van der Waals surface area contributed by atoms with Crippen LogP contribution in [0.15, 0.2) is 42.6 Å². The highest BCUT2D eigenvalue weighted by Crippen LogP contribution is 2.23. The number of aromatic nitrogens is 1.